The number of nitrogens with zero attached hydrogens (tertiary/aromatic N) is 1. The largest absolute Gasteiger partial charge is 0.480 e. The minimum absolute atomic E-state index is 0.140. The molecule has 1 aliphatic heterocycles. The lowest BCUT2D eigenvalue weighted by Gasteiger charge is -2.17. The van der Waals surface area contributed by atoms with Gasteiger partial charge in [-0.3, -0.25) is 4.90 Å². The minimum atomic E-state index is -1.22. The fraction of sp³-hybridized carbons (Fsp3) is 0.222. The lowest BCUT2D eigenvalue weighted by atomic mass is 9.95. The van der Waals surface area contributed by atoms with E-state index in [1.807, 2.05) is 54.6 Å². The van der Waals surface area contributed by atoms with Crippen LogP contribution in [-0.4, -0.2) is 39.8 Å². The standard InChI is InChI=1S/C18H17NO5/c20-17(21)15-10-12(11-19(15)18(22)23)14-8-4-5-9-16(14)24-13-6-2-1-3-7-13/h1-9,12,15H,10-11H2,(H,20,21)(H,22,23)/t12-,15-/m0/s1. The van der Waals surface area contributed by atoms with E-state index < -0.39 is 18.1 Å². The number of aliphatic carboxylic acids is 1. The number of likely N-dealkylation sites (tertiary alicyclic amines) is 1. The van der Waals surface area contributed by atoms with Gasteiger partial charge in [-0.25, -0.2) is 9.59 Å². The Morgan fingerprint density at radius 3 is 2.29 bits per heavy atom. The summed E-state index contributed by atoms with van der Waals surface area (Å²) in [7, 11) is 0. The van der Waals surface area contributed by atoms with E-state index in [9.17, 15) is 19.8 Å². The Bertz CT molecular complexity index is 724. The molecule has 24 heavy (non-hydrogen) atoms. The Morgan fingerprint density at radius 1 is 1.00 bits per heavy atom. The van der Waals surface area contributed by atoms with Crippen LogP contribution < -0.4 is 4.74 Å². The lowest BCUT2D eigenvalue weighted by molar-refractivity contribution is -0.141. The van der Waals surface area contributed by atoms with Gasteiger partial charge in [0.1, 0.15) is 17.5 Å². The molecule has 6 heteroatoms. The Morgan fingerprint density at radius 2 is 1.67 bits per heavy atom. The number of para-hydroxylation sites is 2. The molecule has 2 aromatic rings. The quantitative estimate of drug-likeness (QED) is 0.898. The zero-order chi connectivity index (χ0) is 17.1. The van der Waals surface area contributed by atoms with E-state index in [-0.39, 0.29) is 18.9 Å². The van der Waals surface area contributed by atoms with Gasteiger partial charge < -0.3 is 14.9 Å². The number of benzene rings is 2. The first-order valence-electron chi connectivity index (χ1n) is 7.60. The molecule has 1 heterocycles. The smallest absolute Gasteiger partial charge is 0.408 e. The first-order valence-corrected chi connectivity index (χ1v) is 7.60. The number of amides is 1. The van der Waals surface area contributed by atoms with E-state index in [1.54, 1.807) is 0 Å². The summed E-state index contributed by atoms with van der Waals surface area (Å²) in [5.41, 5.74) is 0.816. The van der Waals surface area contributed by atoms with Crippen molar-refractivity contribution in [2.75, 3.05) is 6.54 Å². The van der Waals surface area contributed by atoms with E-state index in [4.69, 9.17) is 4.74 Å². The van der Waals surface area contributed by atoms with Gasteiger partial charge in [0.15, 0.2) is 0 Å². The number of rotatable bonds is 4. The number of carboxylic acid groups (broad SMARTS) is 2. The summed E-state index contributed by atoms with van der Waals surface area (Å²) in [4.78, 5) is 23.6. The van der Waals surface area contributed by atoms with Crippen LogP contribution in [0.5, 0.6) is 11.5 Å². The second kappa shape index (κ2) is 6.62. The van der Waals surface area contributed by atoms with Gasteiger partial charge in [-0.05, 0) is 30.2 Å². The van der Waals surface area contributed by atoms with Crippen molar-refractivity contribution in [3.05, 3.63) is 60.2 Å². The van der Waals surface area contributed by atoms with Crippen LogP contribution in [0.4, 0.5) is 4.79 Å². The van der Waals surface area contributed by atoms with E-state index in [0.717, 1.165) is 10.5 Å². The van der Waals surface area contributed by atoms with Crippen LogP contribution in [0, 0.1) is 0 Å². The fourth-order valence-electron chi connectivity index (χ4n) is 3.03. The number of hydrogen-bond donors (Lipinski definition) is 2. The average Bonchev–Trinajstić information content (AvgIpc) is 3.02. The van der Waals surface area contributed by atoms with Crippen molar-refractivity contribution < 1.29 is 24.5 Å². The average molecular weight is 327 g/mol. The van der Waals surface area contributed by atoms with Crippen LogP contribution in [0.3, 0.4) is 0 Å². The molecule has 1 aliphatic rings. The Hall–Kier alpha value is -3.02. The maximum Gasteiger partial charge on any atom is 0.408 e. The summed E-state index contributed by atoms with van der Waals surface area (Å²) in [6, 6.07) is 15.6. The predicted molar refractivity (Wildman–Crippen MR) is 86.5 cm³/mol. The monoisotopic (exact) mass is 327 g/mol. The topological polar surface area (TPSA) is 87.1 Å². The molecular formula is C18H17NO5. The fourth-order valence-corrected chi connectivity index (χ4v) is 3.03. The second-order valence-corrected chi connectivity index (χ2v) is 5.67. The first-order chi connectivity index (χ1) is 11.6. The maximum atomic E-state index is 11.3. The van der Waals surface area contributed by atoms with E-state index in [1.165, 1.54) is 0 Å². The minimum Gasteiger partial charge on any atom is -0.480 e. The zero-order valence-corrected chi connectivity index (χ0v) is 12.8. The molecule has 3 rings (SSSR count). The third kappa shape index (κ3) is 3.17. The van der Waals surface area contributed by atoms with Crippen molar-refractivity contribution >= 4 is 12.1 Å². The van der Waals surface area contributed by atoms with Gasteiger partial charge in [0, 0.05) is 12.5 Å². The summed E-state index contributed by atoms with van der Waals surface area (Å²) in [5, 5.41) is 18.5. The summed E-state index contributed by atoms with van der Waals surface area (Å²) in [6.45, 7) is 0.140. The van der Waals surface area contributed by atoms with Gasteiger partial charge in [-0.15, -0.1) is 0 Å². The van der Waals surface area contributed by atoms with Crippen molar-refractivity contribution in [2.45, 2.75) is 18.4 Å². The molecular weight excluding hydrogens is 310 g/mol. The molecule has 2 aromatic carbocycles. The molecule has 124 valence electrons. The molecule has 1 fully saturated rings. The highest BCUT2D eigenvalue weighted by atomic mass is 16.5. The van der Waals surface area contributed by atoms with Crippen LogP contribution in [0.25, 0.3) is 0 Å². The highest BCUT2D eigenvalue weighted by molar-refractivity contribution is 5.80. The lowest BCUT2D eigenvalue weighted by Crippen LogP contribution is -2.39. The molecule has 0 saturated carbocycles. The third-order valence-electron chi connectivity index (χ3n) is 4.16. The number of hydrogen-bond acceptors (Lipinski definition) is 3. The number of carboxylic acids is 1. The highest BCUT2D eigenvalue weighted by Gasteiger charge is 2.41. The summed E-state index contributed by atoms with van der Waals surface area (Å²) in [6.07, 6.45) is -0.983. The van der Waals surface area contributed by atoms with Crippen molar-refractivity contribution in [1.82, 2.24) is 4.90 Å². The van der Waals surface area contributed by atoms with Crippen LogP contribution in [0.2, 0.25) is 0 Å². The molecule has 0 bridgehead atoms. The van der Waals surface area contributed by atoms with Crippen molar-refractivity contribution in [1.29, 1.82) is 0 Å². The van der Waals surface area contributed by atoms with Gasteiger partial charge in [-0.1, -0.05) is 36.4 Å². The number of ether oxygens (including phenoxy) is 1. The summed E-state index contributed by atoms with van der Waals surface area (Å²) >= 11 is 0. The normalized spacial score (nSPS) is 19.9. The summed E-state index contributed by atoms with van der Waals surface area (Å²) < 4.78 is 5.90. The van der Waals surface area contributed by atoms with Crippen molar-refractivity contribution in [3.8, 4) is 11.5 Å². The molecule has 1 saturated heterocycles. The Balaban J connectivity index is 1.87. The van der Waals surface area contributed by atoms with Crippen molar-refractivity contribution in [2.24, 2.45) is 0 Å². The van der Waals surface area contributed by atoms with Crippen LogP contribution >= 0.6 is 0 Å². The molecule has 2 N–H and O–H groups in total. The van der Waals surface area contributed by atoms with Gasteiger partial charge in [0.25, 0.3) is 0 Å². The van der Waals surface area contributed by atoms with E-state index >= 15 is 0 Å². The second-order valence-electron chi connectivity index (χ2n) is 5.67. The van der Waals surface area contributed by atoms with Crippen LogP contribution in [0.15, 0.2) is 54.6 Å². The molecule has 0 spiro atoms. The molecule has 0 radical (unpaired) electrons. The zero-order valence-electron chi connectivity index (χ0n) is 12.8. The van der Waals surface area contributed by atoms with Crippen molar-refractivity contribution in [3.63, 3.8) is 0 Å². The van der Waals surface area contributed by atoms with Gasteiger partial charge in [0.2, 0.25) is 0 Å². The Kier molecular flexibility index (Phi) is 4.37. The van der Waals surface area contributed by atoms with E-state index in [2.05, 4.69) is 0 Å². The van der Waals surface area contributed by atoms with E-state index in [0.29, 0.717) is 11.5 Å². The highest BCUT2D eigenvalue weighted by Crippen LogP contribution is 2.38. The molecule has 0 aromatic heterocycles. The first kappa shape index (κ1) is 15.9. The molecule has 2 atom stereocenters. The van der Waals surface area contributed by atoms with Crippen LogP contribution in [0.1, 0.15) is 17.9 Å². The third-order valence-corrected chi connectivity index (χ3v) is 4.16. The van der Waals surface area contributed by atoms with Gasteiger partial charge in [-0.2, -0.15) is 0 Å². The molecule has 6 nitrogen and oxygen atoms in total. The Labute approximate surface area is 138 Å². The van der Waals surface area contributed by atoms with Crippen LogP contribution in [-0.2, 0) is 4.79 Å². The molecule has 0 unspecified atom stereocenters. The predicted octanol–water partition coefficient (Wildman–Crippen LogP) is 3.40. The van der Waals surface area contributed by atoms with Gasteiger partial charge in [0.05, 0.1) is 0 Å². The van der Waals surface area contributed by atoms with Gasteiger partial charge >= 0.3 is 12.1 Å². The SMILES string of the molecule is O=C(O)[C@@H]1C[C@H](c2ccccc2Oc2ccccc2)CN1C(=O)O. The molecule has 0 aliphatic carbocycles. The number of carbonyl (C=O) groups is 2. The summed E-state index contributed by atoms with van der Waals surface area (Å²) in [5.74, 6) is -0.0543. The maximum absolute atomic E-state index is 11.3. The molecule has 1 amide bonds.